The molecule has 0 radical (unpaired) electrons. The van der Waals surface area contributed by atoms with E-state index in [1.165, 1.54) is 11.4 Å². The third kappa shape index (κ3) is 3.02. The van der Waals surface area contributed by atoms with Gasteiger partial charge in [-0.05, 0) is 56.5 Å². The molecular formula is C21H28N4O2. The summed E-state index contributed by atoms with van der Waals surface area (Å²) in [4.78, 5) is 25.5. The molecule has 27 heavy (non-hydrogen) atoms. The molecule has 4 rings (SSSR count). The van der Waals surface area contributed by atoms with E-state index in [1.54, 1.807) is 18.2 Å². The first-order chi connectivity index (χ1) is 13.0. The van der Waals surface area contributed by atoms with Gasteiger partial charge in [0.15, 0.2) is 0 Å². The lowest BCUT2D eigenvalue weighted by molar-refractivity contribution is 0.00708. The molecule has 0 atom stereocenters. The Labute approximate surface area is 160 Å². The number of aryl methyl sites for hydroxylation is 1. The van der Waals surface area contributed by atoms with Gasteiger partial charge in [-0.15, -0.1) is 0 Å². The summed E-state index contributed by atoms with van der Waals surface area (Å²) in [7, 11) is 0. The summed E-state index contributed by atoms with van der Waals surface area (Å²) >= 11 is 0. The Kier molecular flexibility index (Phi) is 4.68. The zero-order chi connectivity index (χ0) is 19.0. The Morgan fingerprint density at radius 3 is 2.78 bits per heavy atom. The fourth-order valence-corrected chi connectivity index (χ4v) is 4.72. The molecule has 2 aliphatic rings. The molecule has 0 unspecified atom stereocenters. The van der Waals surface area contributed by atoms with Crippen molar-refractivity contribution in [2.45, 2.75) is 45.1 Å². The van der Waals surface area contributed by atoms with Crippen LogP contribution < -0.4 is 0 Å². The molecule has 3 heterocycles. The van der Waals surface area contributed by atoms with E-state index >= 15 is 0 Å². The first kappa shape index (κ1) is 18.0. The molecule has 1 saturated heterocycles. The largest absolute Gasteiger partial charge is 0.508 e. The number of amides is 1. The van der Waals surface area contributed by atoms with Gasteiger partial charge in [-0.25, -0.2) is 4.98 Å². The highest BCUT2D eigenvalue weighted by atomic mass is 16.3. The van der Waals surface area contributed by atoms with Crippen molar-refractivity contribution in [2.75, 3.05) is 26.2 Å². The average molecular weight is 368 g/mol. The Morgan fingerprint density at radius 2 is 2.07 bits per heavy atom. The summed E-state index contributed by atoms with van der Waals surface area (Å²) in [5, 5.41) is 9.71. The van der Waals surface area contributed by atoms with Crippen LogP contribution in [0.15, 0.2) is 24.5 Å². The quantitative estimate of drug-likeness (QED) is 0.874. The Balaban J connectivity index is 1.55. The summed E-state index contributed by atoms with van der Waals surface area (Å²) in [5.74, 6) is 0.278. The number of imidazole rings is 1. The molecule has 2 aromatic rings. The Bertz CT molecular complexity index is 836. The second kappa shape index (κ2) is 7.00. The molecule has 1 aromatic carbocycles. The zero-order valence-corrected chi connectivity index (χ0v) is 16.2. The van der Waals surface area contributed by atoms with Gasteiger partial charge in [0.25, 0.3) is 5.91 Å². The number of aromatic nitrogens is 2. The van der Waals surface area contributed by atoms with Crippen LogP contribution in [0.2, 0.25) is 0 Å². The maximum absolute atomic E-state index is 12.9. The molecule has 2 aliphatic heterocycles. The van der Waals surface area contributed by atoms with Gasteiger partial charge in [0.1, 0.15) is 5.75 Å². The summed E-state index contributed by atoms with van der Waals surface area (Å²) in [5.41, 5.74) is 3.78. The molecule has 144 valence electrons. The van der Waals surface area contributed by atoms with Crippen molar-refractivity contribution in [3.63, 3.8) is 0 Å². The predicted octanol–water partition coefficient (Wildman–Crippen LogP) is 2.82. The molecular weight excluding hydrogens is 340 g/mol. The lowest BCUT2D eigenvalue weighted by Gasteiger charge is -2.50. The van der Waals surface area contributed by atoms with Crippen molar-refractivity contribution in [3.05, 3.63) is 47.0 Å². The summed E-state index contributed by atoms with van der Waals surface area (Å²) in [6.07, 6.45) is 5.78. The number of carbonyl (C=O) groups is 1. The number of rotatable bonds is 3. The molecule has 0 bridgehead atoms. The third-order valence-electron chi connectivity index (χ3n) is 6.21. The highest BCUT2D eigenvalue weighted by molar-refractivity contribution is 5.94. The number of fused-ring (bicyclic) bond motifs is 2. The third-order valence-corrected chi connectivity index (χ3v) is 6.21. The van der Waals surface area contributed by atoms with E-state index in [-0.39, 0.29) is 17.2 Å². The van der Waals surface area contributed by atoms with Gasteiger partial charge in [-0.1, -0.05) is 6.92 Å². The molecule has 0 saturated carbocycles. The molecule has 1 fully saturated rings. The molecule has 6 nitrogen and oxygen atoms in total. The van der Waals surface area contributed by atoms with Gasteiger partial charge >= 0.3 is 0 Å². The number of phenolic OH excluding ortho intramolecular Hbond substituents is 1. The van der Waals surface area contributed by atoms with Gasteiger partial charge in [0.2, 0.25) is 0 Å². The zero-order valence-electron chi connectivity index (χ0n) is 16.2. The lowest BCUT2D eigenvalue weighted by atomic mass is 9.78. The second-order valence-electron chi connectivity index (χ2n) is 7.79. The maximum atomic E-state index is 12.9. The summed E-state index contributed by atoms with van der Waals surface area (Å²) in [6.45, 7) is 7.61. The number of likely N-dealkylation sites (tertiary alicyclic amines) is 1. The van der Waals surface area contributed by atoms with E-state index in [4.69, 9.17) is 0 Å². The minimum absolute atomic E-state index is 0.0491. The first-order valence-electron chi connectivity index (χ1n) is 9.92. The predicted molar refractivity (Wildman–Crippen MR) is 104 cm³/mol. The van der Waals surface area contributed by atoms with Crippen LogP contribution in [-0.2, 0) is 12.0 Å². The fourth-order valence-electron chi connectivity index (χ4n) is 4.72. The fraction of sp³-hybridized carbons (Fsp3) is 0.524. The van der Waals surface area contributed by atoms with Crippen LogP contribution in [-0.4, -0.2) is 57.0 Å². The number of H-pyrrole nitrogens is 1. The molecule has 2 N–H and O–H groups in total. The second-order valence-corrected chi connectivity index (χ2v) is 7.79. The monoisotopic (exact) mass is 368 g/mol. The minimum Gasteiger partial charge on any atom is -0.508 e. The number of nitrogens with one attached hydrogen (secondary N) is 1. The van der Waals surface area contributed by atoms with Crippen LogP contribution >= 0.6 is 0 Å². The van der Waals surface area contributed by atoms with Crippen molar-refractivity contribution in [1.29, 1.82) is 0 Å². The van der Waals surface area contributed by atoms with E-state index in [1.807, 2.05) is 18.2 Å². The number of hydrogen-bond acceptors (Lipinski definition) is 4. The van der Waals surface area contributed by atoms with Gasteiger partial charge in [0, 0.05) is 37.3 Å². The Morgan fingerprint density at radius 1 is 1.30 bits per heavy atom. The molecule has 0 aliphatic carbocycles. The number of piperidine rings is 1. The lowest BCUT2D eigenvalue weighted by Crippen LogP contribution is -2.57. The van der Waals surface area contributed by atoms with Crippen molar-refractivity contribution in [1.82, 2.24) is 19.8 Å². The van der Waals surface area contributed by atoms with Crippen LogP contribution in [0.5, 0.6) is 5.75 Å². The van der Waals surface area contributed by atoms with Crippen LogP contribution in [0.1, 0.15) is 53.5 Å². The molecule has 1 spiro atoms. The van der Waals surface area contributed by atoms with Crippen LogP contribution in [0.25, 0.3) is 0 Å². The standard InChI is InChI=1S/C21H28N4O2/c1-3-9-25-10-6-17-19(23-14-22-17)21(25)7-11-24(12-8-21)20(27)16-4-5-18(26)15(2)13-16/h4-5,13-14,26H,3,6-12H2,1-2H3,(H,22,23). The van der Waals surface area contributed by atoms with E-state index in [0.717, 1.165) is 57.4 Å². The number of benzene rings is 1. The van der Waals surface area contributed by atoms with Crippen LogP contribution in [0.3, 0.4) is 0 Å². The summed E-state index contributed by atoms with van der Waals surface area (Å²) < 4.78 is 0. The van der Waals surface area contributed by atoms with E-state index in [2.05, 4.69) is 21.8 Å². The van der Waals surface area contributed by atoms with Crippen molar-refractivity contribution < 1.29 is 9.90 Å². The van der Waals surface area contributed by atoms with Crippen molar-refractivity contribution in [2.24, 2.45) is 0 Å². The number of aromatic amines is 1. The van der Waals surface area contributed by atoms with E-state index in [0.29, 0.717) is 5.56 Å². The van der Waals surface area contributed by atoms with Gasteiger partial charge < -0.3 is 15.0 Å². The normalized spacial score (nSPS) is 19.3. The van der Waals surface area contributed by atoms with Crippen LogP contribution in [0, 0.1) is 6.92 Å². The summed E-state index contributed by atoms with van der Waals surface area (Å²) in [6, 6.07) is 5.09. The van der Waals surface area contributed by atoms with Gasteiger partial charge in [-0.3, -0.25) is 9.69 Å². The minimum atomic E-state index is -0.0504. The smallest absolute Gasteiger partial charge is 0.253 e. The number of carbonyl (C=O) groups excluding carboxylic acids is 1. The number of nitrogens with zero attached hydrogens (tertiary/aromatic N) is 3. The van der Waals surface area contributed by atoms with Crippen molar-refractivity contribution >= 4 is 5.91 Å². The average Bonchev–Trinajstić information content (AvgIpc) is 3.16. The van der Waals surface area contributed by atoms with Crippen molar-refractivity contribution in [3.8, 4) is 5.75 Å². The number of hydrogen-bond donors (Lipinski definition) is 2. The van der Waals surface area contributed by atoms with Gasteiger partial charge in [0.05, 0.1) is 17.6 Å². The van der Waals surface area contributed by atoms with Crippen LogP contribution in [0.4, 0.5) is 0 Å². The number of phenols is 1. The highest BCUT2D eigenvalue weighted by Crippen LogP contribution is 2.42. The topological polar surface area (TPSA) is 72.5 Å². The van der Waals surface area contributed by atoms with Gasteiger partial charge in [-0.2, -0.15) is 0 Å². The highest BCUT2D eigenvalue weighted by Gasteiger charge is 2.46. The molecule has 6 heteroatoms. The first-order valence-corrected chi connectivity index (χ1v) is 9.92. The molecule has 1 aromatic heterocycles. The Hall–Kier alpha value is -2.34. The van der Waals surface area contributed by atoms with E-state index < -0.39 is 0 Å². The number of aromatic hydroxyl groups is 1. The maximum Gasteiger partial charge on any atom is 0.253 e. The van der Waals surface area contributed by atoms with E-state index in [9.17, 15) is 9.90 Å². The SMILES string of the molecule is CCCN1CCc2[nH]cnc2C12CCN(C(=O)c1ccc(O)c(C)c1)CC2. The molecule has 1 amide bonds.